The molecular formula is C19H18BN2O4. The first-order valence-corrected chi connectivity index (χ1v) is 9.17. The molecule has 1 radical (unpaired) electrons. The van der Waals surface area contributed by atoms with E-state index in [9.17, 15) is 19.2 Å². The second-order valence-electron chi connectivity index (χ2n) is 8.25. The van der Waals surface area contributed by atoms with E-state index in [0.29, 0.717) is 6.42 Å². The maximum atomic E-state index is 12.8. The van der Waals surface area contributed by atoms with Gasteiger partial charge in [-0.05, 0) is 30.6 Å². The van der Waals surface area contributed by atoms with Crippen molar-refractivity contribution in [1.29, 1.82) is 0 Å². The molecule has 8 atom stereocenters. The smallest absolute Gasteiger partial charge is 0.308 e. The maximum Gasteiger partial charge on any atom is 0.410 e. The molecular weight excluding hydrogens is 331 g/mol. The van der Waals surface area contributed by atoms with Gasteiger partial charge in [-0.15, -0.1) is 12.3 Å². The monoisotopic (exact) mass is 349 g/mol. The number of terminal acetylenes is 1. The van der Waals surface area contributed by atoms with Crippen LogP contribution in [0.5, 0.6) is 0 Å². The highest BCUT2D eigenvalue weighted by atomic mass is 16.2. The summed E-state index contributed by atoms with van der Waals surface area (Å²) in [6.07, 6.45) is 11.1. The van der Waals surface area contributed by atoms with Gasteiger partial charge < -0.3 is 9.62 Å². The molecule has 3 aliphatic carbocycles. The standard InChI is InChI=1S/C19H18BN2O4/c1-3-9-6-8(2)12-13(9)17(24)21(16(12)23)20-22-18(25)14-10-4-5-11(7-10)15(14)19(22)26/h1,4-5,8-15H,6-7H2,2H3. The molecule has 2 bridgehead atoms. The van der Waals surface area contributed by atoms with Crippen molar-refractivity contribution in [2.45, 2.75) is 19.8 Å². The lowest BCUT2D eigenvalue weighted by Crippen LogP contribution is -2.49. The van der Waals surface area contributed by atoms with Gasteiger partial charge >= 0.3 is 7.55 Å². The van der Waals surface area contributed by atoms with E-state index < -0.39 is 11.8 Å². The molecule has 26 heavy (non-hydrogen) atoms. The molecule has 4 amide bonds. The molecule has 5 aliphatic rings. The zero-order valence-electron chi connectivity index (χ0n) is 14.4. The van der Waals surface area contributed by atoms with Crippen LogP contribution in [0.15, 0.2) is 12.2 Å². The summed E-state index contributed by atoms with van der Waals surface area (Å²) in [4.78, 5) is 53.2. The van der Waals surface area contributed by atoms with Crippen LogP contribution in [0.4, 0.5) is 0 Å². The Morgan fingerprint density at radius 1 is 0.885 bits per heavy atom. The number of imide groups is 2. The van der Waals surface area contributed by atoms with Gasteiger partial charge in [0, 0.05) is 5.92 Å². The van der Waals surface area contributed by atoms with Crippen molar-refractivity contribution in [3.63, 3.8) is 0 Å². The van der Waals surface area contributed by atoms with E-state index in [1.807, 2.05) is 19.1 Å². The number of carbonyl (C=O) groups is 4. The molecule has 5 rings (SSSR count). The summed E-state index contributed by atoms with van der Waals surface area (Å²) in [7, 11) is 1.14. The molecule has 2 saturated carbocycles. The first kappa shape index (κ1) is 15.9. The zero-order chi connectivity index (χ0) is 18.3. The summed E-state index contributed by atoms with van der Waals surface area (Å²) in [5.74, 6) is -0.445. The molecule has 131 valence electrons. The van der Waals surface area contributed by atoms with Crippen LogP contribution in [0.2, 0.25) is 0 Å². The van der Waals surface area contributed by atoms with Gasteiger partial charge in [-0.1, -0.05) is 19.1 Å². The van der Waals surface area contributed by atoms with Crippen molar-refractivity contribution in [2.75, 3.05) is 0 Å². The molecule has 0 aromatic heterocycles. The topological polar surface area (TPSA) is 74.8 Å². The SMILES string of the molecule is C#CC1CC(C)C2C(=O)N([B]N3C(=O)C4C5C=CC(C5)C4C3=O)C(=O)C12. The van der Waals surface area contributed by atoms with Gasteiger partial charge in [-0.2, -0.15) is 0 Å². The molecule has 0 N–H and O–H groups in total. The average Bonchev–Trinajstić information content (AvgIpc) is 3.38. The van der Waals surface area contributed by atoms with Crippen molar-refractivity contribution >= 4 is 31.2 Å². The van der Waals surface area contributed by atoms with Crippen LogP contribution in [0, 0.1) is 59.7 Å². The summed E-state index contributed by atoms with van der Waals surface area (Å²) < 4.78 is 0. The fraction of sp³-hybridized carbons (Fsp3) is 0.579. The molecule has 8 unspecified atom stereocenters. The normalized spacial score (nSPS) is 45.5. The van der Waals surface area contributed by atoms with Crippen LogP contribution in [-0.4, -0.2) is 40.8 Å². The molecule has 7 heteroatoms. The number of hydrogen-bond donors (Lipinski definition) is 0. The van der Waals surface area contributed by atoms with Crippen molar-refractivity contribution < 1.29 is 19.2 Å². The number of amides is 4. The van der Waals surface area contributed by atoms with Crippen molar-refractivity contribution in [2.24, 2.45) is 47.3 Å². The minimum Gasteiger partial charge on any atom is -0.308 e. The highest BCUT2D eigenvalue weighted by molar-refractivity contribution is 6.49. The minimum atomic E-state index is -0.538. The predicted octanol–water partition coefficient (Wildman–Crippen LogP) is 0.218. The van der Waals surface area contributed by atoms with E-state index in [4.69, 9.17) is 6.42 Å². The lowest BCUT2D eigenvalue weighted by atomic mass is 9.85. The predicted molar refractivity (Wildman–Crippen MR) is 90.3 cm³/mol. The van der Waals surface area contributed by atoms with Crippen LogP contribution in [0.1, 0.15) is 19.8 Å². The Kier molecular flexibility index (Phi) is 3.11. The van der Waals surface area contributed by atoms with Gasteiger partial charge in [-0.3, -0.25) is 19.2 Å². The fourth-order valence-electron chi connectivity index (χ4n) is 5.89. The fourth-order valence-corrected chi connectivity index (χ4v) is 5.89. The van der Waals surface area contributed by atoms with Crippen LogP contribution < -0.4 is 0 Å². The third-order valence-electron chi connectivity index (χ3n) is 7.05. The summed E-state index contributed by atoms with van der Waals surface area (Å²) in [5, 5.41) is 0. The van der Waals surface area contributed by atoms with Gasteiger partial charge in [0.05, 0.1) is 23.7 Å². The third-order valence-corrected chi connectivity index (χ3v) is 7.05. The second-order valence-corrected chi connectivity index (χ2v) is 8.25. The van der Waals surface area contributed by atoms with Crippen molar-refractivity contribution in [1.82, 2.24) is 9.62 Å². The molecule has 0 spiro atoms. The first-order chi connectivity index (χ1) is 12.4. The van der Waals surface area contributed by atoms with Crippen molar-refractivity contribution in [3.8, 4) is 12.3 Å². The lowest BCUT2D eigenvalue weighted by Gasteiger charge is -2.22. The Bertz CT molecular complexity index is 800. The quantitative estimate of drug-likeness (QED) is 0.309. The Labute approximate surface area is 152 Å². The molecule has 6 nitrogen and oxygen atoms in total. The number of nitrogens with zero attached hydrogens (tertiary/aromatic N) is 2. The summed E-state index contributed by atoms with van der Waals surface area (Å²) in [6, 6.07) is 0. The molecule has 2 aliphatic heterocycles. The lowest BCUT2D eigenvalue weighted by molar-refractivity contribution is -0.137. The van der Waals surface area contributed by atoms with Crippen LogP contribution >= 0.6 is 0 Å². The summed E-state index contributed by atoms with van der Waals surface area (Å²) in [5.41, 5.74) is 0. The Balaban J connectivity index is 1.40. The summed E-state index contributed by atoms with van der Waals surface area (Å²) in [6.45, 7) is 1.92. The molecule has 2 heterocycles. The minimum absolute atomic E-state index is 0.0142. The van der Waals surface area contributed by atoms with Gasteiger partial charge in [0.2, 0.25) is 23.6 Å². The van der Waals surface area contributed by atoms with Crippen LogP contribution in [0.25, 0.3) is 0 Å². The van der Waals surface area contributed by atoms with Gasteiger partial charge in [0.1, 0.15) is 0 Å². The number of allylic oxidation sites excluding steroid dienone is 2. The summed E-state index contributed by atoms with van der Waals surface area (Å²) >= 11 is 0. The Hall–Kier alpha value is -2.36. The van der Waals surface area contributed by atoms with E-state index >= 15 is 0 Å². The second kappa shape index (κ2) is 5.09. The largest absolute Gasteiger partial charge is 0.410 e. The Morgan fingerprint density at radius 3 is 1.92 bits per heavy atom. The van der Waals surface area contributed by atoms with Crippen molar-refractivity contribution in [3.05, 3.63) is 12.2 Å². The number of carbonyl (C=O) groups excluding carboxylic acids is 4. The average molecular weight is 349 g/mol. The highest BCUT2D eigenvalue weighted by Crippen LogP contribution is 2.53. The number of hydrogen-bond acceptors (Lipinski definition) is 4. The zero-order valence-corrected chi connectivity index (χ0v) is 14.4. The molecule has 0 aromatic carbocycles. The van der Waals surface area contributed by atoms with E-state index in [2.05, 4.69) is 5.92 Å². The highest BCUT2D eigenvalue weighted by Gasteiger charge is 2.62. The Morgan fingerprint density at radius 2 is 1.38 bits per heavy atom. The molecule has 0 aromatic rings. The number of fused-ring (bicyclic) bond motifs is 6. The molecule has 4 fully saturated rings. The maximum absolute atomic E-state index is 12.8. The third kappa shape index (κ3) is 1.75. The molecule has 2 saturated heterocycles. The number of rotatable bonds is 2. The van der Waals surface area contributed by atoms with Gasteiger partial charge in [0.15, 0.2) is 0 Å². The van der Waals surface area contributed by atoms with E-state index in [0.717, 1.165) is 23.6 Å². The van der Waals surface area contributed by atoms with E-state index in [1.54, 1.807) is 0 Å². The van der Waals surface area contributed by atoms with Gasteiger partial charge in [-0.25, -0.2) is 0 Å². The van der Waals surface area contributed by atoms with Crippen LogP contribution in [0.3, 0.4) is 0 Å². The van der Waals surface area contributed by atoms with Crippen LogP contribution in [-0.2, 0) is 19.2 Å². The first-order valence-electron chi connectivity index (χ1n) is 9.17. The van der Waals surface area contributed by atoms with Gasteiger partial charge in [0.25, 0.3) is 0 Å². The van der Waals surface area contributed by atoms with E-state index in [1.165, 1.54) is 0 Å². The van der Waals surface area contributed by atoms with E-state index in [-0.39, 0.29) is 59.1 Å².